The molecule has 158 valence electrons. The molecule has 0 amide bonds. The first-order valence-corrected chi connectivity index (χ1v) is 10.7. The summed E-state index contributed by atoms with van der Waals surface area (Å²) < 4.78 is 17.8. The molecule has 0 saturated carbocycles. The van der Waals surface area contributed by atoms with Gasteiger partial charge in [0, 0.05) is 24.0 Å². The molecule has 0 bridgehead atoms. The highest BCUT2D eigenvalue weighted by Gasteiger charge is 2.32. The molecule has 1 aliphatic heterocycles. The van der Waals surface area contributed by atoms with E-state index < -0.39 is 0 Å². The Bertz CT molecular complexity index is 908. The zero-order chi connectivity index (χ0) is 19.7. The van der Waals surface area contributed by atoms with Gasteiger partial charge in [0.2, 0.25) is 5.88 Å². The summed E-state index contributed by atoms with van der Waals surface area (Å²) in [5.41, 5.74) is 2.42. The number of rotatable bonds is 5. The maximum atomic E-state index is 12.0. The topological polar surface area (TPSA) is 69.7 Å². The Kier molecular flexibility index (Phi) is 7.24. The zero-order valence-electron chi connectivity index (χ0n) is 16.6. The number of fused-ring (bicyclic) bond motifs is 3. The van der Waals surface area contributed by atoms with Crippen LogP contribution < -0.4 is 14.8 Å². The minimum absolute atomic E-state index is 0. The SMILES string of the molecule is CCOC(=O)[C@@H]1C[C@@H](Oc2nc3c(c4cc(OC)c(Br)cc24)CCCC3)CN1.Cl. The highest BCUT2D eigenvalue weighted by atomic mass is 79.9. The summed E-state index contributed by atoms with van der Waals surface area (Å²) >= 11 is 3.58. The maximum Gasteiger partial charge on any atom is 0.323 e. The van der Waals surface area contributed by atoms with Gasteiger partial charge in [-0.25, -0.2) is 4.98 Å². The largest absolute Gasteiger partial charge is 0.496 e. The van der Waals surface area contributed by atoms with Crippen LogP contribution >= 0.6 is 28.3 Å². The Morgan fingerprint density at radius 3 is 2.83 bits per heavy atom. The van der Waals surface area contributed by atoms with Crippen LogP contribution in [0.4, 0.5) is 0 Å². The van der Waals surface area contributed by atoms with Crippen LogP contribution in [0.2, 0.25) is 0 Å². The van der Waals surface area contributed by atoms with Crippen LogP contribution in [-0.4, -0.2) is 43.4 Å². The molecule has 2 atom stereocenters. The number of ether oxygens (including phenoxy) is 3. The van der Waals surface area contributed by atoms with Crippen LogP contribution in [0.3, 0.4) is 0 Å². The normalized spacial score (nSPS) is 20.7. The molecule has 6 nitrogen and oxygen atoms in total. The van der Waals surface area contributed by atoms with Crippen LogP contribution in [0.1, 0.15) is 37.4 Å². The van der Waals surface area contributed by atoms with Crippen molar-refractivity contribution in [2.75, 3.05) is 20.3 Å². The lowest BCUT2D eigenvalue weighted by Crippen LogP contribution is -2.32. The molecule has 1 saturated heterocycles. The third-order valence-electron chi connectivity index (χ3n) is 5.46. The Morgan fingerprint density at radius 2 is 2.07 bits per heavy atom. The van der Waals surface area contributed by atoms with Crippen molar-refractivity contribution in [1.29, 1.82) is 0 Å². The number of esters is 1. The predicted molar refractivity (Wildman–Crippen MR) is 117 cm³/mol. The van der Waals surface area contributed by atoms with E-state index in [1.807, 2.05) is 13.0 Å². The lowest BCUT2D eigenvalue weighted by Gasteiger charge is -2.22. The van der Waals surface area contributed by atoms with Gasteiger partial charge in [0.05, 0.1) is 18.2 Å². The fourth-order valence-electron chi connectivity index (χ4n) is 4.09. The van der Waals surface area contributed by atoms with Gasteiger partial charge >= 0.3 is 5.97 Å². The van der Waals surface area contributed by atoms with Crippen LogP contribution in [-0.2, 0) is 22.4 Å². The van der Waals surface area contributed by atoms with Crippen molar-refractivity contribution >= 4 is 45.1 Å². The smallest absolute Gasteiger partial charge is 0.323 e. The molecule has 2 heterocycles. The molecule has 1 aromatic heterocycles. The van der Waals surface area contributed by atoms with Crippen molar-refractivity contribution < 1.29 is 19.0 Å². The van der Waals surface area contributed by atoms with Crippen molar-refractivity contribution in [3.8, 4) is 11.6 Å². The van der Waals surface area contributed by atoms with Crippen molar-refractivity contribution in [3.63, 3.8) is 0 Å². The third kappa shape index (κ3) is 4.47. The minimum atomic E-state index is -0.319. The molecule has 2 aliphatic rings. The highest BCUT2D eigenvalue weighted by Crippen LogP contribution is 2.39. The molecule has 0 radical (unpaired) electrons. The number of halogens is 2. The summed E-state index contributed by atoms with van der Waals surface area (Å²) in [4.78, 5) is 16.9. The first-order chi connectivity index (χ1) is 13.6. The number of methoxy groups -OCH3 is 1. The van der Waals surface area contributed by atoms with E-state index in [-0.39, 0.29) is 30.5 Å². The van der Waals surface area contributed by atoms with E-state index in [1.165, 1.54) is 12.0 Å². The lowest BCUT2D eigenvalue weighted by atomic mass is 9.91. The number of nitrogens with one attached hydrogen (secondary N) is 1. The number of hydrogen-bond donors (Lipinski definition) is 1. The Morgan fingerprint density at radius 1 is 1.28 bits per heavy atom. The van der Waals surface area contributed by atoms with Gasteiger partial charge in [-0.05, 0) is 71.6 Å². The van der Waals surface area contributed by atoms with E-state index in [9.17, 15) is 4.79 Å². The van der Waals surface area contributed by atoms with Crippen molar-refractivity contribution in [2.24, 2.45) is 0 Å². The molecular weight excluding hydrogens is 460 g/mol. The Labute approximate surface area is 185 Å². The average Bonchev–Trinajstić information content (AvgIpc) is 3.16. The summed E-state index contributed by atoms with van der Waals surface area (Å²) in [6.07, 6.45) is 4.78. The fraction of sp³-hybridized carbons (Fsp3) is 0.524. The molecule has 29 heavy (non-hydrogen) atoms. The fourth-order valence-corrected chi connectivity index (χ4v) is 4.59. The van der Waals surface area contributed by atoms with Crippen LogP contribution in [0.5, 0.6) is 11.6 Å². The quantitative estimate of drug-likeness (QED) is 0.646. The van der Waals surface area contributed by atoms with Crippen LogP contribution in [0, 0.1) is 0 Å². The second-order valence-corrected chi connectivity index (χ2v) is 8.12. The predicted octanol–water partition coefficient (Wildman–Crippen LogP) is 3.98. The van der Waals surface area contributed by atoms with E-state index in [4.69, 9.17) is 19.2 Å². The zero-order valence-corrected chi connectivity index (χ0v) is 19.0. The van der Waals surface area contributed by atoms with Crippen molar-refractivity contribution in [1.82, 2.24) is 10.3 Å². The molecule has 1 aliphatic carbocycles. The molecule has 2 aromatic rings. The molecule has 4 rings (SSSR count). The number of benzene rings is 1. The standard InChI is InChI=1S/C21H25BrN2O4.ClH/c1-3-27-21(25)18-8-12(11-23-18)28-20-15-9-16(22)19(26-2)10-14(15)13-6-4-5-7-17(13)24-20;/h9-10,12,18,23H,3-8,11H2,1-2H3;1H/t12-,18+;/m1./s1. The molecule has 8 heteroatoms. The van der Waals surface area contributed by atoms with Crippen molar-refractivity contribution in [2.45, 2.75) is 51.2 Å². The second kappa shape index (κ2) is 9.49. The number of hydrogen-bond acceptors (Lipinski definition) is 6. The van der Waals surface area contributed by atoms with Gasteiger partial charge in [0.15, 0.2) is 0 Å². The maximum absolute atomic E-state index is 12.0. The number of carbonyl (C=O) groups is 1. The first-order valence-electron chi connectivity index (χ1n) is 9.86. The Balaban J connectivity index is 0.00000240. The average molecular weight is 486 g/mol. The second-order valence-electron chi connectivity index (χ2n) is 7.27. The van der Waals surface area contributed by atoms with Gasteiger partial charge in [0.1, 0.15) is 17.9 Å². The summed E-state index contributed by atoms with van der Waals surface area (Å²) in [5, 5.41) is 5.32. The monoisotopic (exact) mass is 484 g/mol. The molecule has 1 fully saturated rings. The van der Waals surface area contributed by atoms with E-state index >= 15 is 0 Å². The van der Waals surface area contributed by atoms with Gasteiger partial charge in [-0.1, -0.05) is 0 Å². The van der Waals surface area contributed by atoms with E-state index in [1.54, 1.807) is 7.11 Å². The van der Waals surface area contributed by atoms with Gasteiger partial charge in [-0.3, -0.25) is 4.79 Å². The number of aromatic nitrogens is 1. The van der Waals surface area contributed by atoms with E-state index in [0.29, 0.717) is 25.5 Å². The molecule has 1 N–H and O–H groups in total. The molecule has 0 unspecified atom stereocenters. The number of aryl methyl sites for hydroxylation is 2. The number of nitrogens with zero attached hydrogens (tertiary/aromatic N) is 1. The number of carbonyl (C=O) groups excluding carboxylic acids is 1. The van der Waals surface area contributed by atoms with Gasteiger partial charge in [-0.2, -0.15) is 0 Å². The molecule has 0 spiro atoms. The van der Waals surface area contributed by atoms with Gasteiger partial charge < -0.3 is 19.5 Å². The van der Waals surface area contributed by atoms with Gasteiger partial charge in [0.25, 0.3) is 0 Å². The minimum Gasteiger partial charge on any atom is -0.496 e. The summed E-state index contributed by atoms with van der Waals surface area (Å²) in [5.74, 6) is 1.22. The van der Waals surface area contributed by atoms with E-state index in [2.05, 4.69) is 27.3 Å². The third-order valence-corrected chi connectivity index (χ3v) is 6.08. The summed E-state index contributed by atoms with van der Waals surface area (Å²) in [7, 11) is 1.68. The summed E-state index contributed by atoms with van der Waals surface area (Å²) in [6.45, 7) is 2.80. The molecular formula is C21H26BrClN2O4. The van der Waals surface area contributed by atoms with E-state index in [0.717, 1.165) is 46.0 Å². The lowest BCUT2D eigenvalue weighted by molar-refractivity contribution is -0.145. The summed E-state index contributed by atoms with van der Waals surface area (Å²) in [6, 6.07) is 3.78. The number of pyridine rings is 1. The first kappa shape index (κ1) is 22.1. The highest BCUT2D eigenvalue weighted by molar-refractivity contribution is 9.10. The van der Waals surface area contributed by atoms with Crippen LogP contribution in [0.15, 0.2) is 16.6 Å². The van der Waals surface area contributed by atoms with Gasteiger partial charge in [-0.15, -0.1) is 12.4 Å². The van der Waals surface area contributed by atoms with Crippen LogP contribution in [0.25, 0.3) is 10.8 Å². The molecule has 1 aromatic carbocycles. The van der Waals surface area contributed by atoms with Crippen molar-refractivity contribution in [3.05, 3.63) is 27.9 Å². The Hall–Kier alpha value is -1.57.